The number of amides is 1. The van der Waals surface area contributed by atoms with E-state index in [0.717, 1.165) is 0 Å². The third-order valence-electron chi connectivity index (χ3n) is 1.88. The summed E-state index contributed by atoms with van der Waals surface area (Å²) < 4.78 is 5.14. The molecular formula is C10H17NO2. The molecule has 0 aliphatic rings. The molecule has 0 saturated heterocycles. The summed E-state index contributed by atoms with van der Waals surface area (Å²) in [6.07, 6.45) is 5.44. The van der Waals surface area contributed by atoms with Gasteiger partial charge in [-0.25, -0.2) is 0 Å². The summed E-state index contributed by atoms with van der Waals surface area (Å²) >= 11 is 0. The molecule has 0 aromatic rings. The van der Waals surface area contributed by atoms with Crippen LogP contribution in [0.3, 0.4) is 0 Å². The van der Waals surface area contributed by atoms with Gasteiger partial charge in [0.05, 0.1) is 18.6 Å². The van der Waals surface area contributed by atoms with Crippen LogP contribution in [0.2, 0.25) is 0 Å². The molecule has 74 valence electrons. The Balaban J connectivity index is 4.08. The highest BCUT2D eigenvalue weighted by atomic mass is 16.5. The molecule has 3 nitrogen and oxygen atoms in total. The third-order valence-corrected chi connectivity index (χ3v) is 1.88. The van der Waals surface area contributed by atoms with Gasteiger partial charge in [0.25, 0.3) is 0 Å². The van der Waals surface area contributed by atoms with Crippen LogP contribution in [-0.2, 0) is 9.53 Å². The lowest BCUT2D eigenvalue weighted by Crippen LogP contribution is -2.35. The molecule has 0 unspecified atom stereocenters. The van der Waals surface area contributed by atoms with Crippen LogP contribution in [0.5, 0.6) is 0 Å². The molecule has 13 heavy (non-hydrogen) atoms. The number of hydrogen-bond acceptors (Lipinski definition) is 2. The molecule has 0 aliphatic carbocycles. The lowest BCUT2D eigenvalue weighted by atomic mass is 10.0. The van der Waals surface area contributed by atoms with E-state index in [-0.39, 0.29) is 5.91 Å². The molecule has 0 N–H and O–H groups in total. The Kier molecular flexibility index (Phi) is 4.50. The van der Waals surface area contributed by atoms with Gasteiger partial charge in [0.1, 0.15) is 0 Å². The Hall–Kier alpha value is -1.01. The minimum Gasteiger partial charge on any atom is -0.378 e. The van der Waals surface area contributed by atoms with Gasteiger partial charge in [-0.2, -0.15) is 0 Å². The molecule has 0 fully saturated rings. The van der Waals surface area contributed by atoms with Crippen LogP contribution in [0.15, 0.2) is 0 Å². The maximum atomic E-state index is 11.5. The first-order chi connectivity index (χ1) is 5.93. The van der Waals surface area contributed by atoms with Crippen molar-refractivity contribution in [1.29, 1.82) is 0 Å². The van der Waals surface area contributed by atoms with Gasteiger partial charge in [-0.15, -0.1) is 6.42 Å². The maximum absolute atomic E-state index is 11.5. The molecule has 0 atom stereocenters. The Morgan fingerprint density at radius 2 is 2.15 bits per heavy atom. The van der Waals surface area contributed by atoms with Crippen molar-refractivity contribution in [2.24, 2.45) is 0 Å². The second-order valence-corrected chi connectivity index (χ2v) is 3.59. The van der Waals surface area contributed by atoms with Crippen LogP contribution >= 0.6 is 0 Å². The summed E-state index contributed by atoms with van der Waals surface area (Å²) in [6.45, 7) is 4.09. The highest BCUT2D eigenvalue weighted by Crippen LogP contribution is 2.13. The first-order valence-corrected chi connectivity index (χ1v) is 4.15. The van der Waals surface area contributed by atoms with Crippen molar-refractivity contribution in [1.82, 2.24) is 4.90 Å². The standard InChI is InChI=1S/C10H17NO2/c1-6-7-11(4)9(12)8-10(2,3)13-5/h1H,7-8H2,2-5H3. The summed E-state index contributed by atoms with van der Waals surface area (Å²) in [6, 6.07) is 0. The van der Waals surface area contributed by atoms with Gasteiger partial charge in [-0.3, -0.25) is 4.79 Å². The predicted octanol–water partition coefficient (Wildman–Crippen LogP) is 0.893. The molecule has 0 aromatic carbocycles. The summed E-state index contributed by atoms with van der Waals surface area (Å²) in [7, 11) is 3.28. The van der Waals surface area contributed by atoms with Crippen LogP contribution in [0, 0.1) is 12.3 Å². The number of nitrogens with zero attached hydrogens (tertiary/aromatic N) is 1. The minimum atomic E-state index is -0.417. The summed E-state index contributed by atoms with van der Waals surface area (Å²) in [4.78, 5) is 13.0. The monoisotopic (exact) mass is 183 g/mol. The zero-order valence-corrected chi connectivity index (χ0v) is 8.76. The van der Waals surface area contributed by atoms with Crippen molar-refractivity contribution in [3.05, 3.63) is 0 Å². The predicted molar refractivity (Wildman–Crippen MR) is 52.2 cm³/mol. The maximum Gasteiger partial charge on any atom is 0.225 e. The van der Waals surface area contributed by atoms with E-state index in [9.17, 15) is 4.79 Å². The molecule has 0 spiro atoms. The fraction of sp³-hybridized carbons (Fsp3) is 0.700. The Bertz CT molecular complexity index is 215. The lowest BCUT2D eigenvalue weighted by molar-refractivity contribution is -0.134. The fourth-order valence-electron chi connectivity index (χ4n) is 0.796. The van der Waals surface area contributed by atoms with Crippen LogP contribution < -0.4 is 0 Å². The molecule has 0 bridgehead atoms. The Morgan fingerprint density at radius 1 is 1.62 bits per heavy atom. The number of hydrogen-bond donors (Lipinski definition) is 0. The molecule has 0 heterocycles. The van der Waals surface area contributed by atoms with Crippen molar-refractivity contribution in [2.45, 2.75) is 25.9 Å². The number of carbonyl (C=O) groups excluding carboxylic acids is 1. The van der Waals surface area contributed by atoms with E-state index < -0.39 is 5.60 Å². The zero-order chi connectivity index (χ0) is 10.5. The first-order valence-electron chi connectivity index (χ1n) is 4.15. The molecule has 3 heteroatoms. The van der Waals surface area contributed by atoms with Gasteiger partial charge in [-0.05, 0) is 13.8 Å². The number of rotatable bonds is 4. The minimum absolute atomic E-state index is 0.00444. The van der Waals surface area contributed by atoms with Crippen molar-refractivity contribution in [3.8, 4) is 12.3 Å². The second kappa shape index (κ2) is 4.88. The average Bonchev–Trinajstić information content (AvgIpc) is 2.04. The lowest BCUT2D eigenvalue weighted by Gasteiger charge is -2.24. The van der Waals surface area contributed by atoms with Gasteiger partial charge < -0.3 is 9.64 Å². The zero-order valence-electron chi connectivity index (χ0n) is 8.76. The third kappa shape index (κ3) is 4.54. The highest BCUT2D eigenvalue weighted by molar-refractivity contribution is 5.77. The van der Waals surface area contributed by atoms with Crippen molar-refractivity contribution >= 4 is 5.91 Å². The van der Waals surface area contributed by atoms with E-state index >= 15 is 0 Å². The number of carbonyl (C=O) groups is 1. The van der Waals surface area contributed by atoms with E-state index in [4.69, 9.17) is 11.2 Å². The fourth-order valence-corrected chi connectivity index (χ4v) is 0.796. The number of methoxy groups -OCH3 is 1. The number of terminal acetylenes is 1. The molecule has 0 rings (SSSR count). The highest BCUT2D eigenvalue weighted by Gasteiger charge is 2.22. The van der Waals surface area contributed by atoms with E-state index in [0.29, 0.717) is 13.0 Å². The molecule has 0 radical (unpaired) electrons. The van der Waals surface area contributed by atoms with Crippen LogP contribution in [-0.4, -0.2) is 37.1 Å². The molecule has 0 saturated carbocycles. The normalized spacial score (nSPS) is 10.7. The summed E-state index contributed by atoms with van der Waals surface area (Å²) in [5.41, 5.74) is -0.417. The molecule has 1 amide bonds. The average molecular weight is 183 g/mol. The van der Waals surface area contributed by atoms with E-state index in [1.807, 2.05) is 13.8 Å². The topological polar surface area (TPSA) is 29.5 Å². The van der Waals surface area contributed by atoms with Crippen molar-refractivity contribution in [2.75, 3.05) is 20.7 Å². The second-order valence-electron chi connectivity index (χ2n) is 3.59. The Morgan fingerprint density at radius 3 is 2.54 bits per heavy atom. The van der Waals surface area contributed by atoms with Gasteiger partial charge in [0.15, 0.2) is 0 Å². The SMILES string of the molecule is C#CCN(C)C(=O)CC(C)(C)OC. The first kappa shape index (κ1) is 12.0. The van der Waals surface area contributed by atoms with Crippen LogP contribution in [0.1, 0.15) is 20.3 Å². The Labute approximate surface area is 80.1 Å². The quantitative estimate of drug-likeness (QED) is 0.606. The molecule has 0 aliphatic heterocycles. The van der Waals surface area contributed by atoms with Crippen LogP contribution in [0.4, 0.5) is 0 Å². The smallest absolute Gasteiger partial charge is 0.225 e. The molecular weight excluding hydrogens is 166 g/mol. The van der Waals surface area contributed by atoms with Gasteiger partial charge in [0, 0.05) is 14.2 Å². The summed E-state index contributed by atoms with van der Waals surface area (Å²) in [5, 5.41) is 0. The van der Waals surface area contributed by atoms with Gasteiger partial charge >= 0.3 is 0 Å². The van der Waals surface area contributed by atoms with E-state index in [2.05, 4.69) is 5.92 Å². The number of ether oxygens (including phenoxy) is 1. The van der Waals surface area contributed by atoms with E-state index in [1.54, 1.807) is 14.2 Å². The van der Waals surface area contributed by atoms with Gasteiger partial charge in [-0.1, -0.05) is 5.92 Å². The van der Waals surface area contributed by atoms with Crippen LogP contribution in [0.25, 0.3) is 0 Å². The summed E-state index contributed by atoms with van der Waals surface area (Å²) in [5.74, 6) is 2.42. The largest absolute Gasteiger partial charge is 0.378 e. The molecule has 0 aromatic heterocycles. The van der Waals surface area contributed by atoms with Crippen molar-refractivity contribution < 1.29 is 9.53 Å². The van der Waals surface area contributed by atoms with Gasteiger partial charge in [0.2, 0.25) is 5.91 Å². The van der Waals surface area contributed by atoms with E-state index in [1.165, 1.54) is 4.90 Å². The van der Waals surface area contributed by atoms with Crippen molar-refractivity contribution in [3.63, 3.8) is 0 Å².